The average Bonchev–Trinajstić information content (AvgIpc) is 3.00. The molecule has 0 spiro atoms. The number of thiazole rings is 1. The molecule has 2 N–H and O–H groups in total. The van der Waals surface area contributed by atoms with Crippen LogP contribution < -0.4 is 15.9 Å². The molecular formula is C20H24ClN6OPS. The molecule has 0 aliphatic carbocycles. The molecule has 4 rings (SSSR count). The molecule has 10 heteroatoms. The highest BCUT2D eigenvalue weighted by Gasteiger charge is 2.19. The first kappa shape index (κ1) is 21.2. The van der Waals surface area contributed by atoms with Crippen LogP contribution in [0.1, 0.15) is 10.6 Å². The number of hydrogen-bond acceptors (Lipinski definition) is 8. The van der Waals surface area contributed by atoms with Crippen molar-refractivity contribution in [3.63, 3.8) is 0 Å². The first-order chi connectivity index (χ1) is 14.3. The highest BCUT2D eigenvalue weighted by Crippen LogP contribution is 2.38. The highest BCUT2D eigenvalue weighted by atomic mass is 35.5. The molecule has 7 nitrogen and oxygen atoms in total. The van der Waals surface area contributed by atoms with Crippen LogP contribution in [0, 0.1) is 0 Å². The summed E-state index contributed by atoms with van der Waals surface area (Å²) in [4.78, 5) is 17.2. The summed E-state index contributed by atoms with van der Waals surface area (Å²) in [6.07, 6.45) is 3.50. The molecule has 30 heavy (non-hydrogen) atoms. The fourth-order valence-corrected chi connectivity index (χ4v) is 5.60. The quantitative estimate of drug-likeness (QED) is 0.545. The maximum atomic E-state index is 12.6. The number of nitrogens with one attached hydrogen (secondary N) is 2. The zero-order valence-electron chi connectivity index (χ0n) is 17.1. The topological polar surface area (TPSA) is 83.0 Å². The average molecular weight is 463 g/mol. The van der Waals surface area contributed by atoms with Crippen molar-refractivity contribution < 1.29 is 4.57 Å². The lowest BCUT2D eigenvalue weighted by Crippen LogP contribution is -2.20. The Hall–Kier alpha value is -1.99. The van der Waals surface area contributed by atoms with Gasteiger partial charge < -0.3 is 14.8 Å². The van der Waals surface area contributed by atoms with E-state index in [1.807, 2.05) is 24.3 Å². The van der Waals surface area contributed by atoms with Gasteiger partial charge in [-0.15, -0.1) is 11.3 Å². The van der Waals surface area contributed by atoms with Crippen molar-refractivity contribution in [3.05, 3.63) is 46.1 Å². The van der Waals surface area contributed by atoms with E-state index in [1.165, 1.54) is 4.88 Å². The highest BCUT2D eigenvalue weighted by molar-refractivity contribution is 7.70. The number of para-hydroxylation sites is 1. The van der Waals surface area contributed by atoms with Crippen LogP contribution in [0.3, 0.4) is 0 Å². The zero-order chi connectivity index (χ0) is 21.3. The summed E-state index contributed by atoms with van der Waals surface area (Å²) < 4.78 is 12.6. The number of benzene rings is 1. The molecule has 0 radical (unpaired) electrons. The Labute approximate surface area is 185 Å². The normalized spacial score (nSPS) is 14.8. The number of nitrogens with zero attached hydrogens (tertiary/aromatic N) is 4. The molecule has 0 bridgehead atoms. The van der Waals surface area contributed by atoms with Gasteiger partial charge in [0.25, 0.3) is 0 Å². The van der Waals surface area contributed by atoms with Crippen LogP contribution >= 0.6 is 30.1 Å². The number of halogens is 1. The van der Waals surface area contributed by atoms with Crippen molar-refractivity contribution in [1.29, 1.82) is 0 Å². The van der Waals surface area contributed by atoms with E-state index in [-0.39, 0.29) is 0 Å². The van der Waals surface area contributed by atoms with Crippen molar-refractivity contribution >= 4 is 58.0 Å². The van der Waals surface area contributed by atoms with Gasteiger partial charge in [-0.25, -0.2) is 9.97 Å². The second kappa shape index (κ2) is 8.63. The maximum Gasteiger partial charge on any atom is 0.231 e. The van der Waals surface area contributed by atoms with Gasteiger partial charge in [0.05, 0.1) is 17.6 Å². The van der Waals surface area contributed by atoms with Gasteiger partial charge in [-0.1, -0.05) is 23.7 Å². The standard InChI is InChI=1S/C20H24ClN6OPS/c1-27-10-8-15-17(9-11-27)30-20(24-15)26-19-22-12-13(21)18(25-19)23-14-6-4-5-7-16(14)29(2,3)28/h4-7,12H,8-11H2,1-3H3,(H2,22,23,24,25,26). The van der Waals surface area contributed by atoms with E-state index in [0.29, 0.717) is 16.8 Å². The number of fused-ring (bicyclic) bond motifs is 1. The number of rotatable bonds is 5. The molecule has 2 aromatic heterocycles. The summed E-state index contributed by atoms with van der Waals surface area (Å²) in [6.45, 7) is 5.54. The monoisotopic (exact) mass is 462 g/mol. The molecule has 0 saturated carbocycles. The van der Waals surface area contributed by atoms with E-state index in [9.17, 15) is 4.57 Å². The van der Waals surface area contributed by atoms with Crippen molar-refractivity contribution in [2.75, 3.05) is 44.1 Å². The number of aromatic nitrogens is 3. The molecule has 0 fully saturated rings. The summed E-state index contributed by atoms with van der Waals surface area (Å²) in [5.74, 6) is 0.867. The third-order valence-corrected chi connectivity index (χ3v) is 7.83. The molecule has 158 valence electrons. The molecule has 1 aliphatic rings. The summed E-state index contributed by atoms with van der Waals surface area (Å²) in [5, 5.41) is 8.35. The predicted octanol–water partition coefficient (Wildman–Crippen LogP) is 4.35. The predicted molar refractivity (Wildman–Crippen MR) is 126 cm³/mol. The van der Waals surface area contributed by atoms with Gasteiger partial charge in [0.2, 0.25) is 5.95 Å². The van der Waals surface area contributed by atoms with Gasteiger partial charge >= 0.3 is 0 Å². The molecule has 1 aromatic carbocycles. The first-order valence-corrected chi connectivity index (χ1v) is 13.5. The SMILES string of the molecule is CN1CCc2nc(Nc3ncc(Cl)c(Nc4ccccc4P(C)(C)=O)n3)sc2CC1. The van der Waals surface area contributed by atoms with Crippen LogP contribution in [0.2, 0.25) is 5.02 Å². The second-order valence-electron chi connectivity index (χ2n) is 7.70. The largest absolute Gasteiger partial charge is 0.338 e. The lowest BCUT2D eigenvalue weighted by atomic mass is 10.2. The Bertz CT molecular complexity index is 1090. The van der Waals surface area contributed by atoms with Crippen molar-refractivity contribution in [3.8, 4) is 0 Å². The van der Waals surface area contributed by atoms with Gasteiger partial charge in [0, 0.05) is 29.7 Å². The lowest BCUT2D eigenvalue weighted by molar-refractivity contribution is 0.352. The van der Waals surface area contributed by atoms with Gasteiger partial charge in [-0.3, -0.25) is 5.32 Å². The Morgan fingerprint density at radius 1 is 1.13 bits per heavy atom. The minimum absolute atomic E-state index is 0.385. The molecule has 0 amide bonds. The van der Waals surface area contributed by atoms with E-state index in [4.69, 9.17) is 16.6 Å². The van der Waals surface area contributed by atoms with E-state index in [1.54, 1.807) is 30.9 Å². The van der Waals surface area contributed by atoms with Crippen molar-refractivity contribution in [2.45, 2.75) is 12.8 Å². The molecule has 3 heterocycles. The van der Waals surface area contributed by atoms with Crippen LogP contribution in [-0.2, 0) is 17.4 Å². The Kier molecular flexibility index (Phi) is 6.11. The van der Waals surface area contributed by atoms with Crippen LogP contribution in [0.25, 0.3) is 0 Å². The van der Waals surface area contributed by atoms with Crippen LogP contribution in [0.15, 0.2) is 30.5 Å². The fraction of sp³-hybridized carbons (Fsp3) is 0.350. The van der Waals surface area contributed by atoms with Gasteiger partial charge in [0.1, 0.15) is 12.2 Å². The smallest absolute Gasteiger partial charge is 0.231 e. The van der Waals surface area contributed by atoms with Crippen LogP contribution in [0.4, 0.5) is 22.6 Å². The second-order valence-corrected chi connectivity index (χ2v) is 12.4. The summed E-state index contributed by atoms with van der Waals surface area (Å²) >= 11 is 7.97. The van der Waals surface area contributed by atoms with Crippen molar-refractivity contribution in [2.24, 2.45) is 0 Å². The molecular weight excluding hydrogens is 439 g/mol. The molecule has 1 aliphatic heterocycles. The number of hydrogen-bond donors (Lipinski definition) is 2. The lowest BCUT2D eigenvalue weighted by Gasteiger charge is -2.15. The van der Waals surface area contributed by atoms with Gasteiger partial charge in [0.15, 0.2) is 10.9 Å². The summed E-state index contributed by atoms with van der Waals surface area (Å²) in [7, 11) is -0.324. The number of likely N-dealkylation sites (N-methyl/N-ethyl adjacent to an activating group) is 1. The maximum absolute atomic E-state index is 12.6. The van der Waals surface area contributed by atoms with E-state index >= 15 is 0 Å². The van der Waals surface area contributed by atoms with Crippen LogP contribution in [-0.4, -0.2) is 53.3 Å². The molecule has 0 atom stereocenters. The van der Waals surface area contributed by atoms with E-state index < -0.39 is 7.14 Å². The molecule has 0 unspecified atom stereocenters. The van der Waals surface area contributed by atoms with Crippen molar-refractivity contribution in [1.82, 2.24) is 19.9 Å². The third-order valence-electron chi connectivity index (χ3n) is 4.93. The minimum Gasteiger partial charge on any atom is -0.338 e. The Morgan fingerprint density at radius 2 is 1.90 bits per heavy atom. The van der Waals surface area contributed by atoms with Gasteiger partial charge in [-0.2, -0.15) is 4.98 Å². The molecule has 0 saturated heterocycles. The molecule has 3 aromatic rings. The Morgan fingerprint density at radius 3 is 2.70 bits per heavy atom. The summed E-state index contributed by atoms with van der Waals surface area (Å²) in [6, 6.07) is 7.49. The zero-order valence-corrected chi connectivity index (χ0v) is 19.6. The van der Waals surface area contributed by atoms with E-state index in [0.717, 1.165) is 47.7 Å². The fourth-order valence-electron chi connectivity index (χ4n) is 3.32. The van der Waals surface area contributed by atoms with Gasteiger partial charge in [-0.05, 0) is 38.9 Å². The first-order valence-electron chi connectivity index (χ1n) is 9.68. The van der Waals surface area contributed by atoms with Crippen LogP contribution in [0.5, 0.6) is 0 Å². The minimum atomic E-state index is -2.46. The van der Waals surface area contributed by atoms with E-state index in [2.05, 4.69) is 32.5 Å². The third kappa shape index (κ3) is 4.83. The number of anilines is 4. The summed E-state index contributed by atoms with van der Waals surface area (Å²) in [5.41, 5.74) is 1.87. The Balaban J connectivity index is 1.57.